The second-order valence-electron chi connectivity index (χ2n) is 9.89. The Balaban J connectivity index is 1.55. The van der Waals surface area contributed by atoms with Gasteiger partial charge in [0.1, 0.15) is 0 Å². The van der Waals surface area contributed by atoms with Gasteiger partial charge in [-0.3, -0.25) is 9.69 Å². The summed E-state index contributed by atoms with van der Waals surface area (Å²) in [6, 6.07) is 22.2. The highest BCUT2D eigenvalue weighted by Gasteiger charge is 2.37. The summed E-state index contributed by atoms with van der Waals surface area (Å²) in [6.45, 7) is 8.13. The number of likely N-dealkylation sites (tertiary alicyclic amines) is 1. The fourth-order valence-electron chi connectivity index (χ4n) is 5.59. The number of nitrogens with zero attached hydrogens (tertiary/aromatic N) is 2. The van der Waals surface area contributed by atoms with Gasteiger partial charge in [-0.25, -0.2) is 0 Å². The maximum absolute atomic E-state index is 13.3. The van der Waals surface area contributed by atoms with E-state index < -0.39 is 0 Å². The summed E-state index contributed by atoms with van der Waals surface area (Å²) in [5, 5.41) is 0. The van der Waals surface area contributed by atoms with Crippen LogP contribution in [-0.2, 0) is 11.3 Å². The number of amides is 1. The Kier molecular flexibility index (Phi) is 7.45. The quantitative estimate of drug-likeness (QED) is 0.574. The molecule has 3 heteroatoms. The summed E-state index contributed by atoms with van der Waals surface area (Å²) in [4.78, 5) is 18.1. The molecule has 2 aromatic rings. The van der Waals surface area contributed by atoms with Gasteiger partial charge in [-0.1, -0.05) is 93.8 Å². The second kappa shape index (κ2) is 10.5. The van der Waals surface area contributed by atoms with Crippen LogP contribution >= 0.6 is 0 Å². The van der Waals surface area contributed by atoms with Crippen molar-refractivity contribution in [2.45, 2.75) is 64.5 Å². The van der Waals surface area contributed by atoms with Crippen molar-refractivity contribution in [1.29, 1.82) is 0 Å². The third-order valence-electron chi connectivity index (χ3n) is 7.22. The standard InChI is InChI=1S/C28H38N2O/c1-22(2)28(31)30(26-16-10-5-11-17-26)20-25-19-29(18-23-12-6-3-7-13-23)21-27(25)24-14-8-4-9-15-24/h3-4,6-9,12-15,22,25-27H,5,10-11,16-21H2,1-2H3. The molecule has 31 heavy (non-hydrogen) atoms. The van der Waals surface area contributed by atoms with Crippen LogP contribution in [0.2, 0.25) is 0 Å². The van der Waals surface area contributed by atoms with Crippen molar-refractivity contribution in [3.63, 3.8) is 0 Å². The lowest BCUT2D eigenvalue weighted by Crippen LogP contribution is -2.47. The van der Waals surface area contributed by atoms with E-state index in [1.165, 1.54) is 43.2 Å². The molecule has 2 aliphatic rings. The molecule has 1 saturated carbocycles. The van der Waals surface area contributed by atoms with Crippen molar-refractivity contribution < 1.29 is 4.79 Å². The average molecular weight is 419 g/mol. The predicted molar refractivity (Wildman–Crippen MR) is 128 cm³/mol. The highest BCUT2D eigenvalue weighted by Crippen LogP contribution is 2.36. The van der Waals surface area contributed by atoms with E-state index in [9.17, 15) is 4.79 Å². The van der Waals surface area contributed by atoms with Crippen molar-refractivity contribution >= 4 is 5.91 Å². The zero-order valence-electron chi connectivity index (χ0n) is 19.2. The summed E-state index contributed by atoms with van der Waals surface area (Å²) in [7, 11) is 0. The van der Waals surface area contributed by atoms with Gasteiger partial charge in [0, 0.05) is 44.1 Å². The van der Waals surface area contributed by atoms with E-state index in [2.05, 4.69) is 84.3 Å². The Morgan fingerprint density at radius 1 is 0.935 bits per heavy atom. The SMILES string of the molecule is CC(C)C(=O)N(CC1CN(Cc2ccccc2)CC1c1ccccc1)C1CCCCC1. The topological polar surface area (TPSA) is 23.6 Å². The number of hydrogen-bond donors (Lipinski definition) is 0. The van der Waals surface area contributed by atoms with Gasteiger partial charge in [-0.2, -0.15) is 0 Å². The van der Waals surface area contributed by atoms with E-state index in [4.69, 9.17) is 0 Å². The first-order valence-corrected chi connectivity index (χ1v) is 12.2. The molecule has 4 rings (SSSR count). The highest BCUT2D eigenvalue weighted by molar-refractivity contribution is 5.78. The van der Waals surface area contributed by atoms with Gasteiger partial charge in [0.2, 0.25) is 5.91 Å². The number of hydrogen-bond acceptors (Lipinski definition) is 2. The smallest absolute Gasteiger partial charge is 0.225 e. The van der Waals surface area contributed by atoms with Crippen molar-refractivity contribution in [3.05, 3.63) is 71.8 Å². The zero-order chi connectivity index (χ0) is 21.6. The number of carbonyl (C=O) groups excluding carboxylic acids is 1. The molecule has 0 spiro atoms. The van der Waals surface area contributed by atoms with E-state index in [-0.39, 0.29) is 5.92 Å². The van der Waals surface area contributed by atoms with Crippen molar-refractivity contribution in [1.82, 2.24) is 9.80 Å². The Morgan fingerprint density at radius 3 is 2.23 bits per heavy atom. The molecule has 2 fully saturated rings. The lowest BCUT2D eigenvalue weighted by atomic mass is 9.86. The first-order valence-electron chi connectivity index (χ1n) is 12.2. The van der Waals surface area contributed by atoms with Gasteiger partial charge in [0.15, 0.2) is 0 Å². The molecule has 1 aliphatic carbocycles. The molecule has 2 unspecified atom stereocenters. The van der Waals surface area contributed by atoms with Gasteiger partial charge < -0.3 is 4.90 Å². The number of benzene rings is 2. The monoisotopic (exact) mass is 418 g/mol. The molecule has 0 radical (unpaired) electrons. The van der Waals surface area contributed by atoms with Crippen molar-refractivity contribution in [2.24, 2.45) is 11.8 Å². The molecule has 166 valence electrons. The van der Waals surface area contributed by atoms with E-state index >= 15 is 0 Å². The first-order chi connectivity index (χ1) is 15.1. The minimum Gasteiger partial charge on any atom is -0.339 e. The van der Waals surface area contributed by atoms with Gasteiger partial charge in [0.05, 0.1) is 0 Å². The zero-order valence-corrected chi connectivity index (χ0v) is 19.2. The largest absolute Gasteiger partial charge is 0.339 e. The molecule has 0 bridgehead atoms. The lowest BCUT2D eigenvalue weighted by Gasteiger charge is -2.38. The van der Waals surface area contributed by atoms with E-state index in [1.54, 1.807) is 0 Å². The molecule has 1 aliphatic heterocycles. The van der Waals surface area contributed by atoms with Crippen LogP contribution in [0.15, 0.2) is 60.7 Å². The molecule has 0 N–H and O–H groups in total. The number of carbonyl (C=O) groups is 1. The molecule has 2 aromatic carbocycles. The Morgan fingerprint density at radius 2 is 1.58 bits per heavy atom. The maximum atomic E-state index is 13.3. The van der Waals surface area contributed by atoms with Crippen LogP contribution in [-0.4, -0.2) is 41.4 Å². The molecular weight excluding hydrogens is 380 g/mol. The van der Waals surface area contributed by atoms with E-state index in [1.807, 2.05) is 0 Å². The first kappa shape index (κ1) is 22.1. The van der Waals surface area contributed by atoms with Crippen LogP contribution < -0.4 is 0 Å². The summed E-state index contributed by atoms with van der Waals surface area (Å²) in [5.74, 6) is 1.38. The molecule has 0 aromatic heterocycles. The minimum absolute atomic E-state index is 0.0685. The summed E-state index contributed by atoms with van der Waals surface area (Å²) < 4.78 is 0. The van der Waals surface area contributed by atoms with Crippen LogP contribution in [0.3, 0.4) is 0 Å². The molecule has 1 saturated heterocycles. The van der Waals surface area contributed by atoms with Crippen LogP contribution in [0, 0.1) is 11.8 Å². The van der Waals surface area contributed by atoms with Crippen molar-refractivity contribution in [3.8, 4) is 0 Å². The molecule has 1 heterocycles. The van der Waals surface area contributed by atoms with Gasteiger partial charge >= 0.3 is 0 Å². The highest BCUT2D eigenvalue weighted by atomic mass is 16.2. The molecule has 1 amide bonds. The van der Waals surface area contributed by atoms with E-state index in [0.717, 1.165) is 26.2 Å². The fraction of sp³-hybridized carbons (Fsp3) is 0.536. The third-order valence-corrected chi connectivity index (χ3v) is 7.22. The van der Waals surface area contributed by atoms with Crippen LogP contribution in [0.25, 0.3) is 0 Å². The van der Waals surface area contributed by atoms with Crippen molar-refractivity contribution in [2.75, 3.05) is 19.6 Å². The van der Waals surface area contributed by atoms with Crippen LogP contribution in [0.4, 0.5) is 0 Å². The molecule has 3 nitrogen and oxygen atoms in total. The lowest BCUT2D eigenvalue weighted by molar-refractivity contribution is -0.138. The molecular formula is C28H38N2O. The van der Waals surface area contributed by atoms with Gasteiger partial charge in [-0.05, 0) is 29.9 Å². The summed E-state index contributed by atoms with van der Waals surface area (Å²) in [6.07, 6.45) is 6.20. The third kappa shape index (κ3) is 5.57. The summed E-state index contributed by atoms with van der Waals surface area (Å²) in [5.41, 5.74) is 2.79. The Bertz CT molecular complexity index is 813. The average Bonchev–Trinajstić information content (AvgIpc) is 3.21. The van der Waals surface area contributed by atoms with Crippen LogP contribution in [0.5, 0.6) is 0 Å². The Hall–Kier alpha value is -2.13. The van der Waals surface area contributed by atoms with E-state index in [0.29, 0.717) is 23.8 Å². The summed E-state index contributed by atoms with van der Waals surface area (Å²) >= 11 is 0. The van der Waals surface area contributed by atoms with Gasteiger partial charge in [-0.15, -0.1) is 0 Å². The molecule has 2 atom stereocenters. The Labute approximate surface area is 188 Å². The van der Waals surface area contributed by atoms with Crippen LogP contribution in [0.1, 0.15) is 63.0 Å². The minimum atomic E-state index is 0.0685. The maximum Gasteiger partial charge on any atom is 0.225 e. The fourth-order valence-corrected chi connectivity index (χ4v) is 5.59. The number of rotatable bonds is 7. The normalized spacial score (nSPS) is 22.7. The van der Waals surface area contributed by atoms with Gasteiger partial charge in [0.25, 0.3) is 0 Å². The predicted octanol–water partition coefficient (Wildman–Crippen LogP) is 5.72. The second-order valence-corrected chi connectivity index (χ2v) is 9.89.